The summed E-state index contributed by atoms with van der Waals surface area (Å²) in [5.41, 5.74) is 1.49. The number of nitrogens with one attached hydrogen (secondary N) is 2. The average Bonchev–Trinajstić information content (AvgIpc) is 3.19. The minimum Gasteiger partial charge on any atom is -0.494 e. The molecule has 0 spiro atoms. The molecule has 0 unspecified atom stereocenters. The Balaban J connectivity index is 1.55. The minimum absolute atomic E-state index is 0.0287. The zero-order valence-corrected chi connectivity index (χ0v) is 22.8. The van der Waals surface area contributed by atoms with Crippen LogP contribution in [0.5, 0.6) is 5.75 Å². The van der Waals surface area contributed by atoms with E-state index in [1.165, 1.54) is 66.3 Å². The van der Waals surface area contributed by atoms with E-state index < -0.39 is 5.82 Å². The fourth-order valence-electron chi connectivity index (χ4n) is 3.21. The Morgan fingerprint density at radius 3 is 2.81 bits per heavy atom. The fourth-order valence-corrected chi connectivity index (χ4v) is 5.84. The van der Waals surface area contributed by atoms with Gasteiger partial charge in [0.2, 0.25) is 5.91 Å². The predicted octanol–water partition coefficient (Wildman–Crippen LogP) is 5.87. The molecule has 0 aliphatic carbocycles. The number of halogens is 2. The highest BCUT2D eigenvalue weighted by molar-refractivity contribution is 8.01. The smallest absolute Gasteiger partial charge is 0.246 e. The molecule has 0 fully saturated rings. The average molecular weight is 579 g/mol. The SMILES string of the molecule is COc1cc2ncnc(Nc3ccc(F)c(Cl)c3)c2cc1NC(=O)Cn1nc(SCCC(C)=O)sc1=S. The number of aromatic nitrogens is 4. The van der Waals surface area contributed by atoms with Crippen molar-refractivity contribution in [2.45, 2.75) is 24.2 Å². The number of fused-ring (bicyclic) bond motifs is 1. The molecule has 4 aromatic rings. The molecule has 0 saturated carbocycles. The third-order valence-electron chi connectivity index (χ3n) is 4.97. The van der Waals surface area contributed by atoms with Crippen LogP contribution < -0.4 is 15.4 Å². The lowest BCUT2D eigenvalue weighted by Gasteiger charge is -2.14. The normalized spacial score (nSPS) is 10.9. The first-order valence-corrected chi connectivity index (χ1v) is 13.4. The number of hydrogen-bond acceptors (Lipinski definition) is 10. The molecule has 2 aromatic heterocycles. The van der Waals surface area contributed by atoms with Crippen molar-refractivity contribution in [3.8, 4) is 5.75 Å². The predicted molar refractivity (Wildman–Crippen MR) is 146 cm³/mol. The molecule has 2 heterocycles. The number of benzene rings is 2. The summed E-state index contributed by atoms with van der Waals surface area (Å²) in [5.74, 6) is 0.634. The number of hydrogen-bond donors (Lipinski definition) is 2. The topological polar surface area (TPSA) is 111 Å². The van der Waals surface area contributed by atoms with Gasteiger partial charge in [0, 0.05) is 29.3 Å². The molecule has 1 amide bonds. The number of amides is 1. The number of rotatable bonds is 10. The highest BCUT2D eigenvalue weighted by atomic mass is 35.5. The molecule has 2 aromatic carbocycles. The molecule has 14 heteroatoms. The van der Waals surface area contributed by atoms with E-state index in [1.807, 2.05) is 0 Å². The van der Waals surface area contributed by atoms with E-state index in [2.05, 4.69) is 25.7 Å². The van der Waals surface area contributed by atoms with Gasteiger partial charge >= 0.3 is 0 Å². The maximum atomic E-state index is 13.5. The van der Waals surface area contributed by atoms with Crippen LogP contribution in [-0.4, -0.2) is 44.3 Å². The van der Waals surface area contributed by atoms with Crippen molar-refractivity contribution in [1.29, 1.82) is 0 Å². The van der Waals surface area contributed by atoms with Gasteiger partial charge in [-0.05, 0) is 43.4 Å². The summed E-state index contributed by atoms with van der Waals surface area (Å²) in [7, 11) is 1.48. The van der Waals surface area contributed by atoms with Crippen LogP contribution in [0.4, 0.5) is 21.6 Å². The van der Waals surface area contributed by atoms with E-state index in [-0.39, 0.29) is 23.3 Å². The van der Waals surface area contributed by atoms with Gasteiger partial charge in [0.05, 0.1) is 23.3 Å². The highest BCUT2D eigenvalue weighted by Crippen LogP contribution is 2.33. The minimum atomic E-state index is -0.531. The number of Topliss-reactive ketones (excluding diaryl/α,β-unsaturated/α-hetero) is 1. The second-order valence-corrected chi connectivity index (χ2v) is 11.1. The van der Waals surface area contributed by atoms with Crippen LogP contribution in [0.3, 0.4) is 0 Å². The molecule has 0 bridgehead atoms. The summed E-state index contributed by atoms with van der Waals surface area (Å²) in [4.78, 5) is 32.6. The van der Waals surface area contributed by atoms with Crippen LogP contribution in [-0.2, 0) is 16.1 Å². The number of carbonyl (C=O) groups excluding carboxylic acids is 2. The van der Waals surface area contributed by atoms with Crippen molar-refractivity contribution in [3.63, 3.8) is 0 Å². The Kier molecular flexibility index (Phi) is 8.69. The van der Waals surface area contributed by atoms with Crippen molar-refractivity contribution < 1.29 is 18.7 Å². The summed E-state index contributed by atoms with van der Waals surface area (Å²) in [6.45, 7) is 1.43. The van der Waals surface area contributed by atoms with E-state index in [9.17, 15) is 14.0 Å². The highest BCUT2D eigenvalue weighted by Gasteiger charge is 2.15. The summed E-state index contributed by atoms with van der Waals surface area (Å²) in [6.07, 6.45) is 1.82. The van der Waals surface area contributed by atoms with Gasteiger partial charge in [0.25, 0.3) is 0 Å². The fraction of sp³-hybridized carbons (Fsp3) is 0.217. The van der Waals surface area contributed by atoms with E-state index in [0.29, 0.717) is 54.3 Å². The molecule has 0 radical (unpaired) electrons. The van der Waals surface area contributed by atoms with Crippen LogP contribution in [0.1, 0.15) is 13.3 Å². The largest absolute Gasteiger partial charge is 0.494 e. The van der Waals surface area contributed by atoms with Crippen LogP contribution >= 0.6 is 46.9 Å². The Hall–Kier alpha value is -3.13. The number of thioether (sulfide) groups is 1. The van der Waals surface area contributed by atoms with E-state index >= 15 is 0 Å². The number of anilines is 3. The van der Waals surface area contributed by atoms with Gasteiger partial charge in [-0.2, -0.15) is 5.10 Å². The van der Waals surface area contributed by atoms with Gasteiger partial charge in [0.1, 0.15) is 36.0 Å². The van der Waals surface area contributed by atoms with Crippen LogP contribution in [0.2, 0.25) is 5.02 Å². The zero-order valence-electron chi connectivity index (χ0n) is 19.6. The lowest BCUT2D eigenvalue weighted by molar-refractivity contribution is -0.117. The molecule has 2 N–H and O–H groups in total. The first-order valence-electron chi connectivity index (χ1n) is 10.8. The van der Waals surface area contributed by atoms with Crippen molar-refractivity contribution in [2.75, 3.05) is 23.5 Å². The molecule has 0 saturated heterocycles. The van der Waals surface area contributed by atoms with E-state index in [1.54, 1.807) is 12.1 Å². The van der Waals surface area contributed by atoms with E-state index in [0.717, 1.165) is 0 Å². The first-order chi connectivity index (χ1) is 17.7. The van der Waals surface area contributed by atoms with Crippen molar-refractivity contribution in [2.24, 2.45) is 0 Å². The number of ketones is 1. The molecule has 9 nitrogen and oxygen atoms in total. The van der Waals surface area contributed by atoms with Gasteiger partial charge in [-0.25, -0.2) is 19.0 Å². The number of carbonyl (C=O) groups is 2. The molecule has 0 aliphatic rings. The summed E-state index contributed by atoms with van der Waals surface area (Å²) in [6, 6.07) is 7.59. The van der Waals surface area contributed by atoms with Gasteiger partial charge in [-0.15, -0.1) is 0 Å². The molecular weight excluding hydrogens is 559 g/mol. The standard InChI is InChI=1S/C23H20ClFN6O3S3/c1-12(32)5-6-36-22-30-31(23(35)37-22)10-20(33)29-18-8-14-17(9-19(18)34-2)26-11-27-21(14)28-13-3-4-16(25)15(24)7-13/h3-4,7-9,11H,5-6,10H2,1-2H3,(H,29,33)(H,26,27,28). The summed E-state index contributed by atoms with van der Waals surface area (Å²) < 4.78 is 21.6. The van der Waals surface area contributed by atoms with Crippen molar-refractivity contribution in [3.05, 3.63) is 51.5 Å². The molecular formula is C23H20ClFN6O3S3. The zero-order chi connectivity index (χ0) is 26.5. The van der Waals surface area contributed by atoms with Crippen LogP contribution in [0.25, 0.3) is 10.9 Å². The van der Waals surface area contributed by atoms with Gasteiger partial charge in [-0.1, -0.05) is 34.7 Å². The van der Waals surface area contributed by atoms with Crippen LogP contribution in [0.15, 0.2) is 41.0 Å². The maximum absolute atomic E-state index is 13.5. The molecule has 0 aliphatic heterocycles. The third kappa shape index (κ3) is 6.80. The second kappa shape index (κ2) is 11.9. The Morgan fingerprint density at radius 1 is 1.27 bits per heavy atom. The van der Waals surface area contributed by atoms with E-state index in [4.69, 9.17) is 28.6 Å². The third-order valence-corrected chi connectivity index (χ3v) is 7.71. The lowest BCUT2D eigenvalue weighted by Crippen LogP contribution is -2.20. The van der Waals surface area contributed by atoms with Gasteiger partial charge in [0.15, 0.2) is 8.29 Å². The monoisotopic (exact) mass is 578 g/mol. The van der Waals surface area contributed by atoms with Gasteiger partial charge in [-0.3, -0.25) is 9.59 Å². The van der Waals surface area contributed by atoms with Crippen molar-refractivity contribution in [1.82, 2.24) is 19.7 Å². The summed E-state index contributed by atoms with van der Waals surface area (Å²) in [5, 5.41) is 10.9. The molecule has 0 atom stereocenters. The Morgan fingerprint density at radius 2 is 2.08 bits per heavy atom. The van der Waals surface area contributed by atoms with Gasteiger partial charge < -0.3 is 15.4 Å². The quantitative estimate of drug-likeness (QED) is 0.176. The Labute approximate surface area is 229 Å². The van der Waals surface area contributed by atoms with Crippen LogP contribution in [0, 0.1) is 9.77 Å². The molecule has 192 valence electrons. The maximum Gasteiger partial charge on any atom is 0.246 e. The van der Waals surface area contributed by atoms with Crippen molar-refractivity contribution >= 4 is 86.7 Å². The molecule has 37 heavy (non-hydrogen) atoms. The molecule has 4 rings (SSSR count). The number of nitrogens with zero attached hydrogens (tertiary/aromatic N) is 4. The first kappa shape index (κ1) is 26.9. The lowest BCUT2D eigenvalue weighted by atomic mass is 10.2. The number of ether oxygens (including phenoxy) is 1. The second-order valence-electron chi connectivity index (χ2n) is 7.69. The Bertz CT molecular complexity index is 1540. The number of methoxy groups -OCH3 is 1. The summed E-state index contributed by atoms with van der Waals surface area (Å²) >= 11 is 13.9.